The second kappa shape index (κ2) is 4.10. The summed E-state index contributed by atoms with van der Waals surface area (Å²) in [7, 11) is 3.28. The van der Waals surface area contributed by atoms with Gasteiger partial charge in [-0.2, -0.15) is 15.0 Å². The van der Waals surface area contributed by atoms with E-state index in [0.717, 1.165) is 0 Å². The smallest absolute Gasteiger partial charge is 0.321 e. The van der Waals surface area contributed by atoms with Crippen LogP contribution in [0.1, 0.15) is 0 Å². The van der Waals surface area contributed by atoms with Crippen molar-refractivity contribution >= 4 is 17.7 Å². The van der Waals surface area contributed by atoms with Crippen LogP contribution in [0.5, 0.6) is 6.01 Å². The molecule has 0 fully saturated rings. The van der Waals surface area contributed by atoms with Gasteiger partial charge in [0.05, 0.1) is 7.11 Å². The molecule has 0 aliphatic heterocycles. The quantitative estimate of drug-likeness (QED) is 0.699. The van der Waals surface area contributed by atoms with Gasteiger partial charge in [-0.15, -0.1) is 0 Å². The molecular weight excluding hydrogens is 176 g/mol. The number of thioether (sulfide) groups is 1. The molecule has 6 heteroatoms. The SMILES string of the molecule is CNc1nc(OC)nc(SC)n1. The fraction of sp³-hybridized carbons (Fsp3) is 0.500. The maximum absolute atomic E-state index is 4.88. The highest BCUT2D eigenvalue weighted by atomic mass is 32.2. The van der Waals surface area contributed by atoms with Crippen molar-refractivity contribution in [2.24, 2.45) is 0 Å². The molecule has 0 aliphatic carbocycles. The third-order valence-electron chi connectivity index (χ3n) is 1.18. The number of rotatable bonds is 3. The Balaban J connectivity index is 3.01. The zero-order valence-corrected chi connectivity index (χ0v) is 7.97. The van der Waals surface area contributed by atoms with E-state index in [1.807, 2.05) is 6.26 Å². The molecule has 0 aromatic carbocycles. The minimum absolute atomic E-state index is 0.332. The molecule has 1 rings (SSSR count). The van der Waals surface area contributed by atoms with Crippen LogP contribution in [-0.4, -0.2) is 35.4 Å². The van der Waals surface area contributed by atoms with Crippen molar-refractivity contribution in [3.63, 3.8) is 0 Å². The van der Waals surface area contributed by atoms with Gasteiger partial charge in [0.25, 0.3) is 0 Å². The Labute approximate surface area is 75.0 Å². The lowest BCUT2D eigenvalue weighted by Crippen LogP contribution is -2.02. The van der Waals surface area contributed by atoms with Crippen molar-refractivity contribution in [2.45, 2.75) is 5.16 Å². The third kappa shape index (κ3) is 1.97. The lowest BCUT2D eigenvalue weighted by atomic mass is 10.9. The van der Waals surface area contributed by atoms with E-state index in [2.05, 4.69) is 20.3 Å². The first-order valence-corrected chi connectivity index (χ1v) is 4.54. The number of hydrogen-bond acceptors (Lipinski definition) is 6. The summed E-state index contributed by atoms with van der Waals surface area (Å²) in [5.74, 6) is 0.520. The van der Waals surface area contributed by atoms with Crippen LogP contribution in [0.4, 0.5) is 5.95 Å². The van der Waals surface area contributed by atoms with Crippen LogP contribution in [0.3, 0.4) is 0 Å². The van der Waals surface area contributed by atoms with E-state index in [-0.39, 0.29) is 0 Å². The number of aromatic nitrogens is 3. The Morgan fingerprint density at radius 2 is 2.08 bits per heavy atom. The van der Waals surface area contributed by atoms with E-state index in [1.165, 1.54) is 18.9 Å². The molecule has 0 saturated carbocycles. The fourth-order valence-electron chi connectivity index (χ4n) is 0.632. The molecule has 1 aromatic heterocycles. The predicted molar refractivity (Wildman–Crippen MR) is 47.7 cm³/mol. The Hall–Kier alpha value is -1.04. The van der Waals surface area contributed by atoms with E-state index in [4.69, 9.17) is 4.74 Å². The van der Waals surface area contributed by atoms with Crippen LogP contribution in [0, 0.1) is 0 Å². The highest BCUT2D eigenvalue weighted by molar-refractivity contribution is 7.98. The molecular formula is C6H10N4OS. The second-order valence-corrected chi connectivity index (χ2v) is 2.66. The van der Waals surface area contributed by atoms with E-state index in [9.17, 15) is 0 Å². The van der Waals surface area contributed by atoms with Gasteiger partial charge in [0.1, 0.15) is 0 Å². The molecule has 1 heterocycles. The van der Waals surface area contributed by atoms with Crippen LogP contribution in [0.2, 0.25) is 0 Å². The number of anilines is 1. The second-order valence-electron chi connectivity index (χ2n) is 1.88. The summed E-state index contributed by atoms with van der Waals surface area (Å²) in [5.41, 5.74) is 0. The van der Waals surface area contributed by atoms with Gasteiger partial charge >= 0.3 is 6.01 Å². The zero-order chi connectivity index (χ0) is 8.97. The minimum Gasteiger partial charge on any atom is -0.467 e. The van der Waals surface area contributed by atoms with Gasteiger partial charge in [0, 0.05) is 7.05 Å². The maximum Gasteiger partial charge on any atom is 0.321 e. The number of nitrogens with zero attached hydrogens (tertiary/aromatic N) is 3. The molecule has 0 aliphatic rings. The van der Waals surface area contributed by atoms with Gasteiger partial charge in [0.2, 0.25) is 5.95 Å². The summed E-state index contributed by atoms with van der Waals surface area (Å²) in [6.07, 6.45) is 1.90. The van der Waals surface area contributed by atoms with Crippen molar-refractivity contribution in [3.8, 4) is 6.01 Å². The first-order valence-electron chi connectivity index (χ1n) is 3.32. The maximum atomic E-state index is 4.88. The summed E-state index contributed by atoms with van der Waals surface area (Å²) >= 11 is 1.45. The van der Waals surface area contributed by atoms with Crippen LogP contribution >= 0.6 is 11.8 Å². The highest BCUT2D eigenvalue weighted by Gasteiger charge is 2.03. The Kier molecular flexibility index (Phi) is 3.09. The largest absolute Gasteiger partial charge is 0.467 e. The van der Waals surface area contributed by atoms with Crippen LogP contribution in [0.15, 0.2) is 5.16 Å². The van der Waals surface area contributed by atoms with Gasteiger partial charge in [-0.1, -0.05) is 11.8 Å². The van der Waals surface area contributed by atoms with E-state index in [0.29, 0.717) is 17.1 Å². The number of nitrogens with one attached hydrogen (secondary N) is 1. The molecule has 12 heavy (non-hydrogen) atoms. The summed E-state index contributed by atoms with van der Waals surface area (Å²) in [6, 6.07) is 0.332. The Bertz CT molecular complexity index is 212. The molecule has 0 amide bonds. The van der Waals surface area contributed by atoms with E-state index in [1.54, 1.807) is 7.05 Å². The normalized spacial score (nSPS) is 9.58. The number of ether oxygens (including phenoxy) is 1. The first-order chi connectivity index (χ1) is 5.80. The minimum atomic E-state index is 0.332. The van der Waals surface area contributed by atoms with E-state index < -0.39 is 0 Å². The first kappa shape index (κ1) is 9.05. The highest BCUT2D eigenvalue weighted by Crippen LogP contribution is 2.13. The standard InChI is InChI=1S/C6H10N4OS/c1-7-4-8-5(11-2)10-6(9-4)12-3/h1-3H3,(H,7,8,9,10). The Morgan fingerprint density at radius 3 is 2.58 bits per heavy atom. The van der Waals surface area contributed by atoms with Crippen molar-refractivity contribution in [1.29, 1.82) is 0 Å². The van der Waals surface area contributed by atoms with Gasteiger partial charge in [-0.25, -0.2) is 0 Å². The summed E-state index contributed by atoms with van der Waals surface area (Å²) < 4.78 is 4.88. The third-order valence-corrected chi connectivity index (χ3v) is 1.73. The van der Waals surface area contributed by atoms with Gasteiger partial charge in [-0.05, 0) is 6.26 Å². The molecule has 0 spiro atoms. The average Bonchev–Trinajstić information content (AvgIpc) is 2.16. The number of hydrogen-bond donors (Lipinski definition) is 1. The van der Waals surface area contributed by atoms with Gasteiger partial charge in [-0.3, -0.25) is 0 Å². The molecule has 0 bridgehead atoms. The summed E-state index contributed by atoms with van der Waals surface area (Å²) in [4.78, 5) is 12.0. The number of methoxy groups -OCH3 is 1. The predicted octanol–water partition coefficient (Wildman–Crippen LogP) is 0.644. The van der Waals surface area contributed by atoms with Crippen LogP contribution in [0.25, 0.3) is 0 Å². The van der Waals surface area contributed by atoms with Crippen molar-refractivity contribution in [1.82, 2.24) is 15.0 Å². The molecule has 0 saturated heterocycles. The molecule has 1 N–H and O–H groups in total. The summed E-state index contributed by atoms with van der Waals surface area (Å²) in [5, 5.41) is 3.47. The molecule has 5 nitrogen and oxygen atoms in total. The van der Waals surface area contributed by atoms with Crippen LogP contribution in [-0.2, 0) is 0 Å². The average molecular weight is 186 g/mol. The molecule has 66 valence electrons. The monoisotopic (exact) mass is 186 g/mol. The lowest BCUT2D eigenvalue weighted by molar-refractivity contribution is 0.374. The van der Waals surface area contributed by atoms with Crippen molar-refractivity contribution in [2.75, 3.05) is 25.7 Å². The molecule has 0 atom stereocenters. The molecule has 1 aromatic rings. The fourth-order valence-corrected chi connectivity index (χ4v) is 0.980. The van der Waals surface area contributed by atoms with Gasteiger partial charge < -0.3 is 10.1 Å². The van der Waals surface area contributed by atoms with Crippen molar-refractivity contribution < 1.29 is 4.74 Å². The van der Waals surface area contributed by atoms with Crippen molar-refractivity contribution in [3.05, 3.63) is 0 Å². The summed E-state index contributed by atoms with van der Waals surface area (Å²) in [6.45, 7) is 0. The Morgan fingerprint density at radius 1 is 1.33 bits per heavy atom. The zero-order valence-electron chi connectivity index (χ0n) is 7.16. The van der Waals surface area contributed by atoms with Crippen LogP contribution < -0.4 is 10.1 Å². The van der Waals surface area contributed by atoms with Gasteiger partial charge in [0.15, 0.2) is 5.16 Å². The van der Waals surface area contributed by atoms with E-state index >= 15 is 0 Å². The lowest BCUT2D eigenvalue weighted by Gasteiger charge is -2.02. The molecule has 0 unspecified atom stereocenters. The topological polar surface area (TPSA) is 59.9 Å². The molecule has 0 radical (unpaired) electrons.